The molecular formula is C21H24O3. The van der Waals surface area contributed by atoms with Gasteiger partial charge in [-0.1, -0.05) is 66.7 Å². The molecule has 2 rings (SSSR count). The summed E-state index contributed by atoms with van der Waals surface area (Å²) in [6, 6.07) is 19.7. The molecule has 0 heterocycles. The molecule has 0 radical (unpaired) electrons. The molecule has 1 N–H and O–H groups in total. The van der Waals surface area contributed by atoms with Crippen LogP contribution in [0, 0.1) is 5.92 Å². The first-order valence-electron chi connectivity index (χ1n) is 8.31. The number of benzene rings is 2. The lowest BCUT2D eigenvalue weighted by Gasteiger charge is -2.18. The van der Waals surface area contributed by atoms with Gasteiger partial charge >= 0.3 is 5.97 Å². The van der Waals surface area contributed by atoms with E-state index in [4.69, 9.17) is 4.74 Å². The summed E-state index contributed by atoms with van der Waals surface area (Å²) >= 11 is 0. The van der Waals surface area contributed by atoms with Crippen LogP contribution in [0.5, 0.6) is 0 Å². The zero-order valence-corrected chi connectivity index (χ0v) is 14.0. The van der Waals surface area contributed by atoms with Crippen molar-refractivity contribution in [2.75, 3.05) is 6.61 Å². The Balaban J connectivity index is 2.08. The maximum absolute atomic E-state index is 11.6. The zero-order valence-electron chi connectivity index (χ0n) is 14.0. The number of allylic oxidation sites excluding steroid dienone is 1. The minimum absolute atomic E-state index is 0.0482. The summed E-state index contributed by atoms with van der Waals surface area (Å²) in [6.45, 7) is 2.14. The summed E-state index contributed by atoms with van der Waals surface area (Å²) in [5.74, 6) is -0.295. The lowest BCUT2D eigenvalue weighted by Crippen LogP contribution is -2.09. The highest BCUT2D eigenvalue weighted by Gasteiger charge is 2.15. The van der Waals surface area contributed by atoms with Crippen LogP contribution in [-0.4, -0.2) is 17.7 Å². The Morgan fingerprint density at radius 1 is 1.08 bits per heavy atom. The summed E-state index contributed by atoms with van der Waals surface area (Å²) in [7, 11) is 0. The van der Waals surface area contributed by atoms with Crippen molar-refractivity contribution >= 4 is 5.97 Å². The highest BCUT2D eigenvalue weighted by atomic mass is 16.5. The van der Waals surface area contributed by atoms with Crippen LogP contribution in [0.15, 0.2) is 72.8 Å². The van der Waals surface area contributed by atoms with Gasteiger partial charge in [-0.25, -0.2) is 4.79 Å². The van der Waals surface area contributed by atoms with Gasteiger partial charge < -0.3 is 9.84 Å². The highest BCUT2D eigenvalue weighted by molar-refractivity contribution is 5.81. The number of carbonyl (C=O) groups excluding carboxylic acids is 1. The van der Waals surface area contributed by atoms with Crippen LogP contribution in [0.4, 0.5) is 0 Å². The van der Waals surface area contributed by atoms with Crippen molar-refractivity contribution in [3.63, 3.8) is 0 Å². The second kappa shape index (κ2) is 9.68. The van der Waals surface area contributed by atoms with E-state index in [1.165, 1.54) is 11.6 Å². The van der Waals surface area contributed by atoms with E-state index in [-0.39, 0.29) is 11.9 Å². The average molecular weight is 324 g/mol. The first-order chi connectivity index (χ1) is 11.7. The lowest BCUT2D eigenvalue weighted by molar-refractivity contribution is -0.137. The van der Waals surface area contributed by atoms with Crippen LogP contribution >= 0.6 is 0 Å². The SMILES string of the molecule is CCOC(=O)/C=C/[C@H](Cc1ccccc1)C[C@H](O)c1ccccc1. The second-order valence-corrected chi connectivity index (χ2v) is 5.72. The standard InChI is InChI=1S/C21H24O3/c1-2-24-21(23)14-13-18(15-17-9-5-3-6-10-17)16-20(22)19-11-7-4-8-12-19/h3-14,18,20,22H,2,15-16H2,1H3/b14-13+/t18-,20+/m1/s1. The number of ether oxygens (including phenoxy) is 1. The van der Waals surface area contributed by atoms with E-state index < -0.39 is 6.10 Å². The maximum Gasteiger partial charge on any atom is 0.330 e. The molecule has 0 spiro atoms. The third kappa shape index (κ3) is 6.01. The Labute approximate surface area is 143 Å². The van der Waals surface area contributed by atoms with Crippen molar-refractivity contribution in [2.45, 2.75) is 25.9 Å². The van der Waals surface area contributed by atoms with Crippen LogP contribution < -0.4 is 0 Å². The molecule has 24 heavy (non-hydrogen) atoms. The molecule has 0 amide bonds. The van der Waals surface area contributed by atoms with E-state index in [1.54, 1.807) is 6.92 Å². The van der Waals surface area contributed by atoms with Gasteiger partial charge in [0.05, 0.1) is 12.7 Å². The van der Waals surface area contributed by atoms with Crippen molar-refractivity contribution in [1.82, 2.24) is 0 Å². The smallest absolute Gasteiger partial charge is 0.330 e. The van der Waals surface area contributed by atoms with Gasteiger partial charge in [-0.15, -0.1) is 0 Å². The minimum atomic E-state index is -0.563. The topological polar surface area (TPSA) is 46.5 Å². The van der Waals surface area contributed by atoms with Gasteiger partial charge in [-0.2, -0.15) is 0 Å². The summed E-state index contributed by atoms with van der Waals surface area (Å²) in [4.78, 5) is 11.6. The third-order valence-corrected chi connectivity index (χ3v) is 3.84. The molecule has 0 unspecified atom stereocenters. The number of hydrogen-bond acceptors (Lipinski definition) is 3. The van der Waals surface area contributed by atoms with Crippen molar-refractivity contribution in [2.24, 2.45) is 5.92 Å². The fourth-order valence-electron chi connectivity index (χ4n) is 2.65. The van der Waals surface area contributed by atoms with Crippen molar-refractivity contribution in [3.8, 4) is 0 Å². The molecule has 2 aromatic rings. The Morgan fingerprint density at radius 3 is 2.33 bits per heavy atom. The van der Waals surface area contributed by atoms with E-state index in [1.807, 2.05) is 54.6 Å². The summed E-state index contributed by atoms with van der Waals surface area (Å²) in [5.41, 5.74) is 2.07. The van der Waals surface area contributed by atoms with Gasteiger partial charge in [0.25, 0.3) is 0 Å². The molecule has 0 saturated carbocycles. The highest BCUT2D eigenvalue weighted by Crippen LogP contribution is 2.24. The van der Waals surface area contributed by atoms with E-state index in [0.29, 0.717) is 13.0 Å². The van der Waals surface area contributed by atoms with E-state index in [9.17, 15) is 9.90 Å². The number of aliphatic hydroxyl groups is 1. The fourth-order valence-corrected chi connectivity index (χ4v) is 2.65. The lowest BCUT2D eigenvalue weighted by atomic mass is 9.91. The van der Waals surface area contributed by atoms with Crippen LogP contribution in [0.3, 0.4) is 0 Å². The van der Waals surface area contributed by atoms with Gasteiger partial charge in [-0.3, -0.25) is 0 Å². The van der Waals surface area contributed by atoms with Crippen molar-refractivity contribution in [3.05, 3.63) is 83.9 Å². The normalized spacial score (nSPS) is 13.6. The fraction of sp³-hybridized carbons (Fsp3) is 0.286. The van der Waals surface area contributed by atoms with Gasteiger partial charge in [0.2, 0.25) is 0 Å². The molecule has 0 saturated heterocycles. The molecule has 0 bridgehead atoms. The maximum atomic E-state index is 11.6. The largest absolute Gasteiger partial charge is 0.463 e. The molecule has 0 aliphatic rings. The van der Waals surface area contributed by atoms with Crippen LogP contribution in [-0.2, 0) is 16.0 Å². The van der Waals surface area contributed by atoms with Gasteiger partial charge in [0.15, 0.2) is 0 Å². The molecule has 0 aliphatic carbocycles. The Bertz CT molecular complexity index is 635. The molecule has 3 heteroatoms. The quantitative estimate of drug-likeness (QED) is 0.588. The summed E-state index contributed by atoms with van der Waals surface area (Å²) in [5, 5.41) is 10.5. The predicted molar refractivity (Wildman–Crippen MR) is 95.4 cm³/mol. The molecule has 2 aromatic carbocycles. The molecule has 3 nitrogen and oxygen atoms in total. The first kappa shape index (κ1) is 18.0. The minimum Gasteiger partial charge on any atom is -0.463 e. The van der Waals surface area contributed by atoms with E-state index in [0.717, 1.165) is 12.0 Å². The monoisotopic (exact) mass is 324 g/mol. The molecule has 0 fully saturated rings. The molecule has 0 aliphatic heterocycles. The van der Waals surface area contributed by atoms with Crippen LogP contribution in [0.1, 0.15) is 30.6 Å². The Morgan fingerprint density at radius 2 is 1.71 bits per heavy atom. The molecular weight excluding hydrogens is 300 g/mol. The number of hydrogen-bond donors (Lipinski definition) is 1. The zero-order chi connectivity index (χ0) is 17.2. The van der Waals surface area contributed by atoms with Crippen LogP contribution in [0.2, 0.25) is 0 Å². The van der Waals surface area contributed by atoms with E-state index >= 15 is 0 Å². The average Bonchev–Trinajstić information content (AvgIpc) is 2.61. The predicted octanol–water partition coefficient (Wildman–Crippen LogP) is 4.09. The van der Waals surface area contributed by atoms with Crippen LogP contribution in [0.25, 0.3) is 0 Å². The molecule has 0 aromatic heterocycles. The number of esters is 1. The molecule has 2 atom stereocenters. The third-order valence-electron chi connectivity index (χ3n) is 3.84. The summed E-state index contributed by atoms with van der Waals surface area (Å²) < 4.78 is 4.94. The Kier molecular flexibility index (Phi) is 7.24. The van der Waals surface area contributed by atoms with Crippen molar-refractivity contribution in [1.29, 1.82) is 0 Å². The Hall–Kier alpha value is -2.39. The number of carbonyl (C=O) groups is 1. The molecule has 126 valence electrons. The second-order valence-electron chi connectivity index (χ2n) is 5.72. The van der Waals surface area contributed by atoms with E-state index in [2.05, 4.69) is 12.1 Å². The van der Waals surface area contributed by atoms with Gasteiger partial charge in [0.1, 0.15) is 0 Å². The van der Waals surface area contributed by atoms with Gasteiger partial charge in [-0.05, 0) is 36.8 Å². The number of rotatable bonds is 8. The van der Waals surface area contributed by atoms with Crippen molar-refractivity contribution < 1.29 is 14.6 Å². The number of aliphatic hydroxyl groups excluding tert-OH is 1. The first-order valence-corrected chi connectivity index (χ1v) is 8.31. The summed E-state index contributed by atoms with van der Waals surface area (Å²) in [6.07, 6.45) is 4.06. The van der Waals surface area contributed by atoms with Gasteiger partial charge in [0, 0.05) is 6.08 Å².